The van der Waals surface area contributed by atoms with E-state index in [1.807, 2.05) is 0 Å². The van der Waals surface area contributed by atoms with Gasteiger partial charge in [-0.2, -0.15) is 0 Å². The summed E-state index contributed by atoms with van der Waals surface area (Å²) < 4.78 is 41.1. The van der Waals surface area contributed by atoms with Crippen LogP contribution in [0.5, 0.6) is 0 Å². The second kappa shape index (κ2) is 5.85. The summed E-state index contributed by atoms with van der Waals surface area (Å²) >= 11 is 5.64. The first-order valence-electron chi connectivity index (χ1n) is 5.32. The van der Waals surface area contributed by atoms with Crippen LogP contribution in [0.2, 0.25) is 5.02 Å². The van der Waals surface area contributed by atoms with Crippen LogP contribution >= 0.6 is 11.6 Å². The zero-order valence-electron chi connectivity index (χ0n) is 10.3. The SMILES string of the molecule is CC(C)COC(=O)c1cc(Cl)cc(S(N)(=O)=O)c1F. The lowest BCUT2D eigenvalue weighted by molar-refractivity contribution is 0.0453. The smallest absolute Gasteiger partial charge is 0.341 e. The van der Waals surface area contributed by atoms with Gasteiger partial charge in [0, 0.05) is 5.02 Å². The van der Waals surface area contributed by atoms with Crippen molar-refractivity contribution in [2.75, 3.05) is 6.61 Å². The Morgan fingerprint density at radius 1 is 1.47 bits per heavy atom. The highest BCUT2D eigenvalue weighted by atomic mass is 35.5. The fraction of sp³-hybridized carbons (Fsp3) is 0.364. The Balaban J connectivity index is 3.22. The summed E-state index contributed by atoms with van der Waals surface area (Å²) in [6.45, 7) is 3.68. The van der Waals surface area contributed by atoms with E-state index in [9.17, 15) is 17.6 Å². The highest BCUT2D eigenvalue weighted by Crippen LogP contribution is 2.23. The van der Waals surface area contributed by atoms with Gasteiger partial charge < -0.3 is 4.74 Å². The van der Waals surface area contributed by atoms with E-state index >= 15 is 0 Å². The number of hydrogen-bond donors (Lipinski definition) is 1. The molecule has 0 atom stereocenters. The van der Waals surface area contributed by atoms with Gasteiger partial charge in [-0.3, -0.25) is 0 Å². The third kappa shape index (κ3) is 4.15. The van der Waals surface area contributed by atoms with Crippen LogP contribution in [0.3, 0.4) is 0 Å². The number of rotatable bonds is 4. The minimum absolute atomic E-state index is 0.0592. The van der Waals surface area contributed by atoms with E-state index in [0.717, 1.165) is 12.1 Å². The number of sulfonamides is 1. The summed E-state index contributed by atoms with van der Waals surface area (Å²) in [5.74, 6) is -2.19. The molecule has 0 aliphatic heterocycles. The summed E-state index contributed by atoms with van der Waals surface area (Å²) in [5.41, 5.74) is -0.558. The number of nitrogens with two attached hydrogens (primary N) is 1. The first kappa shape index (κ1) is 15.9. The van der Waals surface area contributed by atoms with Crippen molar-refractivity contribution in [3.05, 3.63) is 28.5 Å². The van der Waals surface area contributed by atoms with Crippen LogP contribution in [0.1, 0.15) is 24.2 Å². The molecule has 0 amide bonds. The number of ether oxygens (including phenoxy) is 1. The van der Waals surface area contributed by atoms with Gasteiger partial charge in [-0.25, -0.2) is 22.7 Å². The first-order chi connectivity index (χ1) is 8.62. The zero-order chi connectivity index (χ0) is 14.8. The van der Waals surface area contributed by atoms with Crippen LogP contribution in [0.15, 0.2) is 17.0 Å². The van der Waals surface area contributed by atoms with Gasteiger partial charge >= 0.3 is 5.97 Å². The van der Waals surface area contributed by atoms with E-state index in [1.54, 1.807) is 13.8 Å². The van der Waals surface area contributed by atoms with Gasteiger partial charge in [0.15, 0.2) is 5.82 Å². The van der Waals surface area contributed by atoms with Crippen molar-refractivity contribution in [3.8, 4) is 0 Å². The van der Waals surface area contributed by atoms with E-state index in [0.29, 0.717) is 0 Å². The Morgan fingerprint density at radius 2 is 2.05 bits per heavy atom. The maximum Gasteiger partial charge on any atom is 0.341 e. The van der Waals surface area contributed by atoms with Crippen LogP contribution < -0.4 is 5.14 Å². The molecule has 0 aliphatic rings. The number of carbonyl (C=O) groups is 1. The van der Waals surface area contributed by atoms with Crippen molar-refractivity contribution in [2.45, 2.75) is 18.7 Å². The maximum atomic E-state index is 13.9. The molecule has 19 heavy (non-hydrogen) atoms. The normalized spacial score (nSPS) is 11.7. The minimum atomic E-state index is -4.31. The summed E-state index contributed by atoms with van der Waals surface area (Å²) in [6, 6.07) is 1.83. The molecule has 106 valence electrons. The van der Waals surface area contributed by atoms with Gasteiger partial charge in [0.1, 0.15) is 4.90 Å². The average Bonchev–Trinajstić information content (AvgIpc) is 2.27. The highest BCUT2D eigenvalue weighted by molar-refractivity contribution is 7.89. The number of hydrogen-bond acceptors (Lipinski definition) is 4. The Kier molecular flexibility index (Phi) is 4.89. The van der Waals surface area contributed by atoms with Crippen LogP contribution in [-0.4, -0.2) is 21.0 Å². The maximum absolute atomic E-state index is 13.9. The fourth-order valence-electron chi connectivity index (χ4n) is 1.24. The predicted molar refractivity (Wildman–Crippen MR) is 67.9 cm³/mol. The van der Waals surface area contributed by atoms with E-state index in [4.69, 9.17) is 21.5 Å². The third-order valence-corrected chi connectivity index (χ3v) is 3.21. The molecule has 8 heteroatoms. The zero-order valence-corrected chi connectivity index (χ0v) is 11.9. The number of esters is 1. The molecule has 0 saturated heterocycles. The first-order valence-corrected chi connectivity index (χ1v) is 7.24. The van der Waals surface area contributed by atoms with E-state index < -0.39 is 32.3 Å². The summed E-state index contributed by atoms with van der Waals surface area (Å²) in [5, 5.41) is 4.72. The summed E-state index contributed by atoms with van der Waals surface area (Å²) in [6.07, 6.45) is 0. The molecule has 0 radical (unpaired) electrons. The van der Waals surface area contributed by atoms with Crippen molar-refractivity contribution < 1.29 is 22.3 Å². The number of primary sulfonamides is 1. The van der Waals surface area contributed by atoms with Gasteiger partial charge in [-0.05, 0) is 18.1 Å². The van der Waals surface area contributed by atoms with Crippen molar-refractivity contribution >= 4 is 27.6 Å². The van der Waals surface area contributed by atoms with Gasteiger partial charge in [0.25, 0.3) is 0 Å². The van der Waals surface area contributed by atoms with E-state index in [-0.39, 0.29) is 17.5 Å². The molecule has 5 nitrogen and oxygen atoms in total. The van der Waals surface area contributed by atoms with Crippen LogP contribution in [0, 0.1) is 11.7 Å². The summed E-state index contributed by atoms with van der Waals surface area (Å²) in [7, 11) is -4.31. The van der Waals surface area contributed by atoms with E-state index in [2.05, 4.69) is 0 Å². The standard InChI is InChI=1S/C11H13ClFNO4S/c1-6(2)5-18-11(15)8-3-7(12)4-9(10(8)13)19(14,16)17/h3-4,6H,5H2,1-2H3,(H2,14,16,17). The molecule has 0 saturated carbocycles. The molecule has 2 N–H and O–H groups in total. The third-order valence-electron chi connectivity index (χ3n) is 2.08. The van der Waals surface area contributed by atoms with Crippen LogP contribution in [-0.2, 0) is 14.8 Å². The second-order valence-corrected chi connectivity index (χ2v) is 6.27. The molecule has 0 unspecified atom stereocenters. The molecule has 0 heterocycles. The van der Waals surface area contributed by atoms with Crippen molar-refractivity contribution in [1.82, 2.24) is 0 Å². The van der Waals surface area contributed by atoms with Crippen LogP contribution in [0.4, 0.5) is 4.39 Å². The lowest BCUT2D eigenvalue weighted by Crippen LogP contribution is -2.18. The monoisotopic (exact) mass is 309 g/mol. The number of halogens is 2. The molecule has 0 aromatic heterocycles. The summed E-state index contributed by atoms with van der Waals surface area (Å²) in [4.78, 5) is 10.8. The van der Waals surface area contributed by atoms with Crippen LogP contribution in [0.25, 0.3) is 0 Å². The van der Waals surface area contributed by atoms with Crippen molar-refractivity contribution in [1.29, 1.82) is 0 Å². The lowest BCUT2D eigenvalue weighted by atomic mass is 10.2. The van der Waals surface area contributed by atoms with Crippen molar-refractivity contribution in [3.63, 3.8) is 0 Å². The largest absolute Gasteiger partial charge is 0.462 e. The quantitative estimate of drug-likeness (QED) is 0.861. The Bertz CT molecular complexity index is 601. The molecule has 0 fully saturated rings. The Morgan fingerprint density at radius 3 is 2.53 bits per heavy atom. The number of carbonyl (C=O) groups excluding carboxylic acids is 1. The molecule has 0 spiro atoms. The van der Waals surface area contributed by atoms with Gasteiger partial charge in [-0.1, -0.05) is 25.4 Å². The molecule has 1 aromatic carbocycles. The van der Waals surface area contributed by atoms with Gasteiger partial charge in [0.2, 0.25) is 10.0 Å². The fourth-order valence-corrected chi connectivity index (χ4v) is 2.17. The van der Waals surface area contributed by atoms with Crippen molar-refractivity contribution in [2.24, 2.45) is 11.1 Å². The Labute approximate surface area is 115 Å². The lowest BCUT2D eigenvalue weighted by Gasteiger charge is -2.10. The topological polar surface area (TPSA) is 86.5 Å². The second-order valence-electron chi connectivity index (χ2n) is 4.30. The molecular weight excluding hydrogens is 297 g/mol. The minimum Gasteiger partial charge on any atom is -0.462 e. The van der Waals surface area contributed by atoms with Gasteiger partial charge in [-0.15, -0.1) is 0 Å². The average molecular weight is 310 g/mol. The molecule has 1 aromatic rings. The molecular formula is C11H13ClFNO4S. The molecule has 0 aliphatic carbocycles. The molecule has 1 rings (SSSR count). The number of benzene rings is 1. The predicted octanol–water partition coefficient (Wildman–Crippen LogP) is 1.94. The molecule has 0 bridgehead atoms. The van der Waals surface area contributed by atoms with Gasteiger partial charge in [0.05, 0.1) is 12.2 Å². The highest BCUT2D eigenvalue weighted by Gasteiger charge is 2.23. The Hall–Kier alpha value is -1.18. The van der Waals surface area contributed by atoms with E-state index in [1.165, 1.54) is 0 Å².